The van der Waals surface area contributed by atoms with E-state index in [4.69, 9.17) is 11.6 Å². The van der Waals surface area contributed by atoms with E-state index in [2.05, 4.69) is 0 Å². The van der Waals surface area contributed by atoms with E-state index < -0.39 is 5.82 Å². The molecular weight excluding hydrogens is 267 g/mol. The van der Waals surface area contributed by atoms with Gasteiger partial charge in [0.05, 0.1) is 5.56 Å². The number of carbonyl (C=O) groups is 1. The van der Waals surface area contributed by atoms with Crippen molar-refractivity contribution in [3.05, 3.63) is 51.3 Å². The van der Waals surface area contributed by atoms with Crippen LogP contribution >= 0.6 is 11.6 Å². The Balaban J connectivity index is 2.47. The molecule has 19 heavy (non-hydrogen) atoms. The highest BCUT2D eigenvalue weighted by Gasteiger charge is 2.34. The van der Waals surface area contributed by atoms with E-state index in [1.54, 1.807) is 26.0 Å². The molecule has 0 bridgehead atoms. The third kappa shape index (κ3) is 1.45. The molecule has 0 heterocycles. The summed E-state index contributed by atoms with van der Waals surface area (Å²) in [6.07, 6.45) is 0. The molecule has 0 saturated carbocycles. The molecule has 2 aromatic rings. The maximum Gasteiger partial charge on any atom is 0.198 e. The van der Waals surface area contributed by atoms with Crippen molar-refractivity contribution < 1.29 is 14.3 Å². The molecule has 0 atom stereocenters. The summed E-state index contributed by atoms with van der Waals surface area (Å²) in [5.41, 5.74) is 1.78. The van der Waals surface area contributed by atoms with E-state index in [0.29, 0.717) is 27.3 Å². The molecule has 1 aliphatic carbocycles. The summed E-state index contributed by atoms with van der Waals surface area (Å²) in [7, 11) is 0. The van der Waals surface area contributed by atoms with Crippen LogP contribution in [-0.2, 0) is 0 Å². The van der Waals surface area contributed by atoms with Crippen molar-refractivity contribution >= 4 is 17.4 Å². The van der Waals surface area contributed by atoms with E-state index in [9.17, 15) is 14.3 Å². The van der Waals surface area contributed by atoms with Gasteiger partial charge in [0.25, 0.3) is 0 Å². The molecule has 0 aromatic heterocycles. The monoisotopic (exact) mass is 276 g/mol. The van der Waals surface area contributed by atoms with Gasteiger partial charge in [0.2, 0.25) is 0 Å². The smallest absolute Gasteiger partial charge is 0.198 e. The number of phenolic OH excluding ortho intramolecular Hbond substituents is 1. The Morgan fingerprint density at radius 3 is 2.47 bits per heavy atom. The molecule has 4 heteroatoms. The number of benzene rings is 2. The lowest BCUT2D eigenvalue weighted by atomic mass is 9.97. The minimum atomic E-state index is -0.459. The second kappa shape index (κ2) is 3.81. The second-order valence-electron chi connectivity index (χ2n) is 4.68. The van der Waals surface area contributed by atoms with Crippen LogP contribution in [0.25, 0.3) is 11.1 Å². The number of carbonyl (C=O) groups excluding carboxylic acids is 1. The quantitative estimate of drug-likeness (QED) is 0.673. The lowest BCUT2D eigenvalue weighted by Crippen LogP contribution is -2.00. The molecule has 0 saturated heterocycles. The third-order valence-electron chi connectivity index (χ3n) is 3.68. The maximum absolute atomic E-state index is 14.4. The molecule has 0 amide bonds. The summed E-state index contributed by atoms with van der Waals surface area (Å²) in [4.78, 5) is 12.3. The average Bonchev–Trinajstić information content (AvgIpc) is 2.67. The summed E-state index contributed by atoms with van der Waals surface area (Å²) in [6.45, 7) is 3.18. The summed E-state index contributed by atoms with van der Waals surface area (Å²) in [5, 5.41) is 10.5. The van der Waals surface area contributed by atoms with Crippen molar-refractivity contribution in [1.29, 1.82) is 0 Å². The minimum Gasteiger partial charge on any atom is -0.507 e. The van der Waals surface area contributed by atoms with Crippen molar-refractivity contribution in [2.75, 3.05) is 0 Å². The first-order chi connectivity index (χ1) is 8.93. The molecule has 0 radical (unpaired) electrons. The number of fused-ring (bicyclic) bond motifs is 3. The van der Waals surface area contributed by atoms with Crippen molar-refractivity contribution in [3.63, 3.8) is 0 Å². The van der Waals surface area contributed by atoms with Gasteiger partial charge in [-0.3, -0.25) is 4.79 Å². The standard InChI is InChI=1S/C15H10ClFO2/c1-6-7(2)14(18)12-11(13(6)17)9-4-3-8(16)5-10(9)15(12)19/h3-5,18H,1-2H3. The normalized spacial score (nSPS) is 12.5. The molecule has 2 aromatic carbocycles. The largest absolute Gasteiger partial charge is 0.507 e. The Morgan fingerprint density at radius 1 is 1.11 bits per heavy atom. The number of hydrogen-bond donors (Lipinski definition) is 1. The first-order valence-electron chi connectivity index (χ1n) is 5.79. The van der Waals surface area contributed by atoms with Gasteiger partial charge in [-0.2, -0.15) is 0 Å². The van der Waals surface area contributed by atoms with Crippen LogP contribution in [0.2, 0.25) is 5.02 Å². The van der Waals surface area contributed by atoms with Gasteiger partial charge in [-0.05, 0) is 42.7 Å². The Labute approximate surface area is 114 Å². The van der Waals surface area contributed by atoms with Crippen LogP contribution in [-0.4, -0.2) is 10.9 Å². The zero-order valence-corrected chi connectivity index (χ0v) is 11.1. The number of ketones is 1. The molecule has 0 fully saturated rings. The Hall–Kier alpha value is -1.87. The van der Waals surface area contributed by atoms with Crippen LogP contribution < -0.4 is 0 Å². The van der Waals surface area contributed by atoms with Gasteiger partial charge in [0.1, 0.15) is 11.6 Å². The lowest BCUT2D eigenvalue weighted by molar-refractivity contribution is 0.104. The topological polar surface area (TPSA) is 37.3 Å². The fourth-order valence-electron chi connectivity index (χ4n) is 2.48. The number of phenols is 1. The molecule has 96 valence electrons. The van der Waals surface area contributed by atoms with Crippen molar-refractivity contribution in [1.82, 2.24) is 0 Å². The van der Waals surface area contributed by atoms with E-state index in [-0.39, 0.29) is 22.7 Å². The van der Waals surface area contributed by atoms with Crippen molar-refractivity contribution in [2.24, 2.45) is 0 Å². The van der Waals surface area contributed by atoms with Gasteiger partial charge >= 0.3 is 0 Å². The summed E-state index contributed by atoms with van der Waals surface area (Å²) >= 11 is 5.87. The molecule has 2 nitrogen and oxygen atoms in total. The van der Waals surface area contributed by atoms with Gasteiger partial charge in [0.15, 0.2) is 5.78 Å². The van der Waals surface area contributed by atoms with Crippen LogP contribution in [0.5, 0.6) is 5.75 Å². The van der Waals surface area contributed by atoms with Gasteiger partial charge < -0.3 is 5.11 Å². The second-order valence-corrected chi connectivity index (χ2v) is 5.12. The molecule has 0 aliphatic heterocycles. The fourth-order valence-corrected chi connectivity index (χ4v) is 2.65. The zero-order valence-electron chi connectivity index (χ0n) is 10.3. The fraction of sp³-hybridized carbons (Fsp3) is 0.133. The van der Waals surface area contributed by atoms with Gasteiger partial charge in [0, 0.05) is 16.1 Å². The highest BCUT2D eigenvalue weighted by molar-refractivity contribution is 6.32. The van der Waals surface area contributed by atoms with Crippen LogP contribution in [0.4, 0.5) is 4.39 Å². The van der Waals surface area contributed by atoms with Crippen molar-refractivity contribution in [3.8, 4) is 16.9 Å². The highest BCUT2D eigenvalue weighted by Crippen LogP contribution is 2.45. The van der Waals surface area contributed by atoms with Gasteiger partial charge in [-0.15, -0.1) is 0 Å². The van der Waals surface area contributed by atoms with E-state index in [1.807, 2.05) is 0 Å². The predicted molar refractivity (Wildman–Crippen MR) is 71.4 cm³/mol. The summed E-state index contributed by atoms with van der Waals surface area (Å²) in [5.74, 6) is -0.988. The Kier molecular flexibility index (Phi) is 2.44. The van der Waals surface area contributed by atoms with Crippen LogP contribution in [0.15, 0.2) is 18.2 Å². The lowest BCUT2D eigenvalue weighted by Gasteiger charge is -2.11. The summed E-state index contributed by atoms with van der Waals surface area (Å²) in [6, 6.07) is 4.72. The molecule has 0 spiro atoms. The molecular formula is C15H10ClFO2. The number of aromatic hydroxyl groups is 1. The van der Waals surface area contributed by atoms with Crippen LogP contribution in [0.1, 0.15) is 27.0 Å². The Morgan fingerprint density at radius 2 is 1.79 bits per heavy atom. The predicted octanol–water partition coefficient (Wildman–Crippen LogP) is 4.01. The van der Waals surface area contributed by atoms with Crippen molar-refractivity contribution in [2.45, 2.75) is 13.8 Å². The van der Waals surface area contributed by atoms with E-state index in [0.717, 1.165) is 0 Å². The molecule has 1 N–H and O–H groups in total. The van der Waals surface area contributed by atoms with Crippen LogP contribution in [0.3, 0.4) is 0 Å². The zero-order chi connectivity index (χ0) is 13.9. The van der Waals surface area contributed by atoms with Gasteiger partial charge in [-0.1, -0.05) is 17.7 Å². The summed E-state index contributed by atoms with van der Waals surface area (Å²) < 4.78 is 14.4. The molecule has 0 unspecified atom stereocenters. The first kappa shape index (κ1) is 12.2. The molecule has 1 aliphatic rings. The van der Waals surface area contributed by atoms with E-state index in [1.165, 1.54) is 6.07 Å². The van der Waals surface area contributed by atoms with Crippen LogP contribution in [0, 0.1) is 19.7 Å². The minimum absolute atomic E-state index is 0.0397. The average molecular weight is 277 g/mol. The highest BCUT2D eigenvalue weighted by atomic mass is 35.5. The van der Waals surface area contributed by atoms with E-state index >= 15 is 0 Å². The molecule has 3 rings (SSSR count). The number of halogens is 2. The Bertz CT molecular complexity index is 751. The maximum atomic E-state index is 14.4. The number of hydrogen-bond acceptors (Lipinski definition) is 2. The SMILES string of the molecule is Cc1c(C)c(F)c2c(c1O)C(=O)c1cc(Cl)ccc1-2. The first-order valence-corrected chi connectivity index (χ1v) is 6.17. The number of rotatable bonds is 0. The third-order valence-corrected chi connectivity index (χ3v) is 3.91. The van der Waals surface area contributed by atoms with Gasteiger partial charge in [-0.25, -0.2) is 4.39 Å².